The van der Waals surface area contributed by atoms with Crippen LogP contribution in [0.4, 0.5) is 4.39 Å². The second-order valence-corrected chi connectivity index (χ2v) is 3.42. The number of aryl methyl sites for hydroxylation is 1. The summed E-state index contributed by atoms with van der Waals surface area (Å²) in [6.07, 6.45) is 3.41. The van der Waals surface area contributed by atoms with E-state index in [0.717, 1.165) is 11.1 Å². The Morgan fingerprint density at radius 1 is 1.47 bits per heavy atom. The molecule has 1 aromatic carbocycles. The smallest absolute Gasteiger partial charge is 0.131 e. The highest BCUT2D eigenvalue weighted by Crippen LogP contribution is 2.23. The fourth-order valence-corrected chi connectivity index (χ4v) is 1.48. The highest BCUT2D eigenvalue weighted by molar-refractivity contribution is 5.63. The van der Waals surface area contributed by atoms with E-state index in [-0.39, 0.29) is 5.82 Å². The van der Waals surface area contributed by atoms with Crippen molar-refractivity contribution in [1.29, 1.82) is 0 Å². The van der Waals surface area contributed by atoms with Crippen molar-refractivity contribution < 1.29 is 4.39 Å². The van der Waals surface area contributed by atoms with Crippen LogP contribution in [0.25, 0.3) is 11.1 Å². The lowest BCUT2D eigenvalue weighted by atomic mass is 10.1. The third-order valence-electron chi connectivity index (χ3n) is 2.28. The van der Waals surface area contributed by atoms with Crippen molar-refractivity contribution in [3.8, 4) is 11.1 Å². The number of aromatic nitrogens is 2. The maximum atomic E-state index is 13.5. The zero-order valence-corrected chi connectivity index (χ0v) is 8.44. The number of hydrogen-bond donors (Lipinski definition) is 1. The Hall–Kier alpha value is -1.68. The summed E-state index contributed by atoms with van der Waals surface area (Å²) < 4.78 is 15.2. The number of halogens is 1. The molecule has 0 aliphatic carbocycles. The normalized spacial score (nSPS) is 10.6. The number of benzene rings is 1. The summed E-state index contributed by atoms with van der Waals surface area (Å²) in [6.45, 7) is 0.410. The lowest BCUT2D eigenvalue weighted by Gasteiger charge is -2.02. The Morgan fingerprint density at radius 2 is 2.27 bits per heavy atom. The predicted molar refractivity (Wildman–Crippen MR) is 56.5 cm³/mol. The topological polar surface area (TPSA) is 43.8 Å². The first-order valence-electron chi connectivity index (χ1n) is 4.68. The van der Waals surface area contributed by atoms with Gasteiger partial charge in [0, 0.05) is 30.9 Å². The zero-order chi connectivity index (χ0) is 10.8. The molecule has 0 spiro atoms. The molecule has 1 heterocycles. The van der Waals surface area contributed by atoms with Crippen LogP contribution in [0.3, 0.4) is 0 Å². The van der Waals surface area contributed by atoms with Crippen LogP contribution in [0.1, 0.15) is 5.56 Å². The van der Waals surface area contributed by atoms with Crippen molar-refractivity contribution >= 4 is 0 Å². The third kappa shape index (κ3) is 1.89. The quantitative estimate of drug-likeness (QED) is 0.810. The molecule has 4 heteroatoms. The van der Waals surface area contributed by atoms with Gasteiger partial charge in [0.05, 0.1) is 6.20 Å². The van der Waals surface area contributed by atoms with Crippen molar-refractivity contribution in [1.82, 2.24) is 9.78 Å². The van der Waals surface area contributed by atoms with Crippen LogP contribution in [0.15, 0.2) is 30.6 Å². The van der Waals surface area contributed by atoms with Crippen molar-refractivity contribution in [3.63, 3.8) is 0 Å². The summed E-state index contributed by atoms with van der Waals surface area (Å²) in [5, 5.41) is 4.01. The molecule has 0 bridgehead atoms. The van der Waals surface area contributed by atoms with Gasteiger partial charge in [0.25, 0.3) is 0 Å². The molecule has 0 aliphatic heterocycles. The van der Waals surface area contributed by atoms with E-state index >= 15 is 0 Å². The summed E-state index contributed by atoms with van der Waals surface area (Å²) in [4.78, 5) is 0. The molecule has 0 unspecified atom stereocenters. The molecule has 15 heavy (non-hydrogen) atoms. The minimum Gasteiger partial charge on any atom is -0.326 e. The molecule has 0 saturated heterocycles. The van der Waals surface area contributed by atoms with E-state index in [0.29, 0.717) is 12.1 Å². The van der Waals surface area contributed by atoms with Gasteiger partial charge in [0.15, 0.2) is 0 Å². The van der Waals surface area contributed by atoms with Crippen LogP contribution in [-0.2, 0) is 13.6 Å². The average molecular weight is 205 g/mol. The van der Waals surface area contributed by atoms with Gasteiger partial charge in [-0.15, -0.1) is 0 Å². The first-order chi connectivity index (χ1) is 7.20. The van der Waals surface area contributed by atoms with Gasteiger partial charge in [0.2, 0.25) is 0 Å². The van der Waals surface area contributed by atoms with Gasteiger partial charge in [0.1, 0.15) is 5.82 Å². The van der Waals surface area contributed by atoms with E-state index in [4.69, 9.17) is 5.73 Å². The van der Waals surface area contributed by atoms with Crippen LogP contribution >= 0.6 is 0 Å². The molecular weight excluding hydrogens is 193 g/mol. The van der Waals surface area contributed by atoms with Gasteiger partial charge in [-0.2, -0.15) is 5.10 Å². The van der Waals surface area contributed by atoms with Crippen molar-refractivity contribution in [3.05, 3.63) is 42.0 Å². The summed E-state index contributed by atoms with van der Waals surface area (Å²) in [6, 6.07) is 4.88. The Bertz CT molecular complexity index is 476. The highest BCUT2D eigenvalue weighted by atomic mass is 19.1. The lowest BCUT2D eigenvalue weighted by molar-refractivity contribution is 0.630. The van der Waals surface area contributed by atoms with Gasteiger partial charge in [-0.05, 0) is 17.7 Å². The first-order valence-corrected chi connectivity index (χ1v) is 4.68. The van der Waals surface area contributed by atoms with E-state index in [1.165, 1.54) is 6.07 Å². The lowest BCUT2D eigenvalue weighted by Crippen LogP contribution is -1.97. The number of rotatable bonds is 2. The summed E-state index contributed by atoms with van der Waals surface area (Å²) in [5.41, 5.74) is 7.74. The third-order valence-corrected chi connectivity index (χ3v) is 2.28. The van der Waals surface area contributed by atoms with Crippen LogP contribution in [0.2, 0.25) is 0 Å². The number of hydrogen-bond acceptors (Lipinski definition) is 2. The van der Waals surface area contributed by atoms with Crippen LogP contribution in [-0.4, -0.2) is 9.78 Å². The summed E-state index contributed by atoms with van der Waals surface area (Å²) in [7, 11) is 1.80. The molecular formula is C11H12FN3. The fourth-order valence-electron chi connectivity index (χ4n) is 1.48. The van der Waals surface area contributed by atoms with Crippen molar-refractivity contribution in [2.24, 2.45) is 12.8 Å². The van der Waals surface area contributed by atoms with Crippen LogP contribution in [0.5, 0.6) is 0 Å². The molecule has 2 rings (SSSR count). The molecule has 3 nitrogen and oxygen atoms in total. The second kappa shape index (κ2) is 3.82. The van der Waals surface area contributed by atoms with Crippen LogP contribution < -0.4 is 5.73 Å². The maximum Gasteiger partial charge on any atom is 0.131 e. The van der Waals surface area contributed by atoms with E-state index in [1.807, 2.05) is 0 Å². The Balaban J connectivity index is 2.51. The van der Waals surface area contributed by atoms with Gasteiger partial charge >= 0.3 is 0 Å². The molecule has 0 fully saturated rings. The fraction of sp³-hybridized carbons (Fsp3) is 0.182. The molecule has 0 amide bonds. The molecule has 0 atom stereocenters. The minimum absolute atomic E-state index is 0.250. The SMILES string of the molecule is Cn1cc(-c2cc(CN)ccc2F)cn1. The molecule has 2 N–H and O–H groups in total. The summed E-state index contributed by atoms with van der Waals surface area (Å²) >= 11 is 0. The van der Waals surface area contributed by atoms with Crippen LogP contribution in [0, 0.1) is 5.82 Å². The van der Waals surface area contributed by atoms with E-state index in [1.54, 1.807) is 36.3 Å². The van der Waals surface area contributed by atoms with E-state index in [9.17, 15) is 4.39 Å². The molecule has 2 aromatic rings. The largest absolute Gasteiger partial charge is 0.326 e. The molecule has 0 saturated carbocycles. The zero-order valence-electron chi connectivity index (χ0n) is 8.44. The molecule has 0 radical (unpaired) electrons. The molecule has 0 aliphatic rings. The number of nitrogens with zero attached hydrogens (tertiary/aromatic N) is 2. The second-order valence-electron chi connectivity index (χ2n) is 3.42. The van der Waals surface area contributed by atoms with Gasteiger partial charge in [-0.1, -0.05) is 6.07 Å². The Labute approximate surface area is 87.3 Å². The van der Waals surface area contributed by atoms with Gasteiger partial charge in [-0.3, -0.25) is 4.68 Å². The number of nitrogens with two attached hydrogens (primary N) is 1. The Morgan fingerprint density at radius 3 is 2.87 bits per heavy atom. The molecule has 1 aromatic heterocycles. The monoisotopic (exact) mass is 205 g/mol. The maximum absolute atomic E-state index is 13.5. The van der Waals surface area contributed by atoms with Crippen molar-refractivity contribution in [2.45, 2.75) is 6.54 Å². The van der Waals surface area contributed by atoms with E-state index in [2.05, 4.69) is 5.10 Å². The minimum atomic E-state index is -0.250. The summed E-state index contributed by atoms with van der Waals surface area (Å²) in [5.74, 6) is -0.250. The Kier molecular flexibility index (Phi) is 2.51. The standard InChI is InChI=1S/C11H12FN3/c1-15-7-9(6-14-15)10-4-8(5-13)2-3-11(10)12/h2-4,6-7H,5,13H2,1H3. The van der Waals surface area contributed by atoms with Gasteiger partial charge < -0.3 is 5.73 Å². The van der Waals surface area contributed by atoms with Gasteiger partial charge in [-0.25, -0.2) is 4.39 Å². The van der Waals surface area contributed by atoms with E-state index < -0.39 is 0 Å². The molecule has 78 valence electrons. The first kappa shape index (κ1) is 9.86. The highest BCUT2D eigenvalue weighted by Gasteiger charge is 2.07. The average Bonchev–Trinajstić information content (AvgIpc) is 2.65. The van der Waals surface area contributed by atoms with Crippen molar-refractivity contribution in [2.75, 3.05) is 0 Å². The predicted octanol–water partition coefficient (Wildman–Crippen LogP) is 1.68.